The van der Waals surface area contributed by atoms with Crippen molar-refractivity contribution < 1.29 is 17.9 Å². The number of carbonyl (C=O) groups excluding carboxylic acids is 1. The van der Waals surface area contributed by atoms with Crippen LogP contribution >= 0.6 is 0 Å². The van der Waals surface area contributed by atoms with Crippen molar-refractivity contribution in [2.45, 2.75) is 51.1 Å². The average Bonchev–Trinajstić information content (AvgIpc) is 2.84. The molecule has 0 unspecified atom stereocenters. The van der Waals surface area contributed by atoms with E-state index in [1.807, 2.05) is 38.1 Å². The number of unbranched alkanes of at least 4 members (excludes halogenated alkanes) is 1. The SMILES string of the molecule is CCCCOc1ccc([C@H](C)NC(=O)c2ccc(CNS(=O)(=O)c3ccc(C)cc3)cc2)cc1. The zero-order valence-electron chi connectivity index (χ0n) is 19.9. The number of hydrogen-bond donors (Lipinski definition) is 2. The van der Waals surface area contributed by atoms with Crippen LogP contribution in [-0.2, 0) is 16.6 Å². The molecular formula is C27H32N2O4S. The molecule has 2 N–H and O–H groups in total. The highest BCUT2D eigenvalue weighted by molar-refractivity contribution is 7.89. The maximum Gasteiger partial charge on any atom is 0.251 e. The summed E-state index contributed by atoms with van der Waals surface area (Å²) in [5.74, 6) is 0.631. The fourth-order valence-corrected chi connectivity index (χ4v) is 4.32. The highest BCUT2D eigenvalue weighted by atomic mass is 32.2. The second-order valence-corrected chi connectivity index (χ2v) is 10.1. The smallest absolute Gasteiger partial charge is 0.251 e. The van der Waals surface area contributed by atoms with Gasteiger partial charge in [-0.05, 0) is 67.8 Å². The first-order valence-corrected chi connectivity index (χ1v) is 13.0. The lowest BCUT2D eigenvalue weighted by atomic mass is 10.1. The Morgan fingerprint density at radius 2 is 1.59 bits per heavy atom. The summed E-state index contributed by atoms with van der Waals surface area (Å²) in [6.45, 7) is 6.80. The van der Waals surface area contributed by atoms with Crippen LogP contribution in [0.15, 0.2) is 77.7 Å². The molecule has 0 saturated carbocycles. The second-order valence-electron chi connectivity index (χ2n) is 8.30. The van der Waals surface area contributed by atoms with E-state index in [1.165, 1.54) is 0 Å². The van der Waals surface area contributed by atoms with Crippen LogP contribution in [-0.4, -0.2) is 20.9 Å². The quantitative estimate of drug-likeness (QED) is 0.372. The normalized spacial score (nSPS) is 12.2. The summed E-state index contributed by atoms with van der Waals surface area (Å²) in [5, 5.41) is 2.99. The molecule has 6 nitrogen and oxygen atoms in total. The molecule has 0 heterocycles. The molecule has 0 aliphatic heterocycles. The molecule has 3 aromatic carbocycles. The largest absolute Gasteiger partial charge is 0.494 e. The van der Waals surface area contributed by atoms with E-state index in [9.17, 15) is 13.2 Å². The minimum Gasteiger partial charge on any atom is -0.494 e. The molecule has 1 amide bonds. The van der Waals surface area contributed by atoms with Crippen LogP contribution in [0.25, 0.3) is 0 Å². The minimum absolute atomic E-state index is 0.140. The van der Waals surface area contributed by atoms with Crippen molar-refractivity contribution in [2.24, 2.45) is 0 Å². The number of carbonyl (C=O) groups is 1. The maximum absolute atomic E-state index is 12.7. The van der Waals surface area contributed by atoms with Gasteiger partial charge in [0.1, 0.15) is 5.75 Å². The number of ether oxygens (including phenoxy) is 1. The summed E-state index contributed by atoms with van der Waals surface area (Å²) in [7, 11) is -3.60. The van der Waals surface area contributed by atoms with Gasteiger partial charge in [0, 0.05) is 12.1 Å². The monoisotopic (exact) mass is 480 g/mol. The zero-order valence-corrected chi connectivity index (χ0v) is 20.7. The Balaban J connectivity index is 1.53. The molecule has 34 heavy (non-hydrogen) atoms. The van der Waals surface area contributed by atoms with Crippen LogP contribution in [0, 0.1) is 6.92 Å². The molecule has 3 rings (SSSR count). The fourth-order valence-electron chi connectivity index (χ4n) is 3.30. The summed E-state index contributed by atoms with van der Waals surface area (Å²) < 4.78 is 33.2. The van der Waals surface area contributed by atoms with Crippen LogP contribution < -0.4 is 14.8 Å². The molecule has 0 aliphatic carbocycles. The van der Waals surface area contributed by atoms with Gasteiger partial charge in [-0.25, -0.2) is 13.1 Å². The Morgan fingerprint density at radius 3 is 2.21 bits per heavy atom. The Kier molecular flexibility index (Phi) is 8.85. The number of nitrogens with one attached hydrogen (secondary N) is 2. The maximum atomic E-state index is 12.7. The molecule has 7 heteroatoms. The van der Waals surface area contributed by atoms with Gasteiger partial charge in [-0.2, -0.15) is 0 Å². The van der Waals surface area contributed by atoms with Crippen molar-refractivity contribution >= 4 is 15.9 Å². The Bertz CT molecular complexity index is 1170. The van der Waals surface area contributed by atoms with Crippen molar-refractivity contribution in [3.63, 3.8) is 0 Å². The Hall–Kier alpha value is -3.16. The summed E-state index contributed by atoms with van der Waals surface area (Å²) in [6, 6.07) is 21.2. The lowest BCUT2D eigenvalue weighted by Crippen LogP contribution is -2.26. The third-order valence-corrected chi connectivity index (χ3v) is 6.93. The van der Waals surface area contributed by atoms with E-state index >= 15 is 0 Å². The average molecular weight is 481 g/mol. The van der Waals surface area contributed by atoms with E-state index in [4.69, 9.17) is 4.74 Å². The highest BCUT2D eigenvalue weighted by Gasteiger charge is 2.14. The molecule has 1 atom stereocenters. The molecule has 0 spiro atoms. The lowest BCUT2D eigenvalue weighted by Gasteiger charge is -2.15. The third kappa shape index (κ3) is 7.17. The van der Waals surface area contributed by atoms with Gasteiger partial charge in [-0.3, -0.25) is 4.79 Å². The van der Waals surface area contributed by atoms with Crippen LogP contribution in [0.4, 0.5) is 0 Å². The number of benzene rings is 3. The zero-order chi connectivity index (χ0) is 24.6. The van der Waals surface area contributed by atoms with E-state index in [0.29, 0.717) is 12.2 Å². The van der Waals surface area contributed by atoms with Crippen LogP contribution in [0.2, 0.25) is 0 Å². The molecule has 0 aromatic heterocycles. The molecule has 0 aliphatic rings. The molecule has 0 saturated heterocycles. The summed E-state index contributed by atoms with van der Waals surface area (Å²) in [5.41, 5.74) is 3.25. The van der Waals surface area contributed by atoms with Gasteiger partial charge < -0.3 is 10.1 Å². The van der Waals surface area contributed by atoms with Gasteiger partial charge >= 0.3 is 0 Å². The molecule has 3 aromatic rings. The number of rotatable bonds is 11. The molecule has 0 fully saturated rings. The fraction of sp³-hybridized carbons (Fsp3) is 0.296. The number of aryl methyl sites for hydroxylation is 1. The van der Waals surface area contributed by atoms with Crippen molar-refractivity contribution in [1.82, 2.24) is 10.0 Å². The number of hydrogen-bond acceptors (Lipinski definition) is 4. The first kappa shape index (κ1) is 25.5. The molecule has 0 bridgehead atoms. The number of sulfonamides is 1. The Morgan fingerprint density at radius 1 is 0.941 bits per heavy atom. The van der Waals surface area contributed by atoms with Crippen molar-refractivity contribution in [2.75, 3.05) is 6.61 Å². The molecular weight excluding hydrogens is 448 g/mol. The van der Waals surface area contributed by atoms with Crippen LogP contribution in [0.5, 0.6) is 5.75 Å². The second kappa shape index (κ2) is 11.8. The van der Waals surface area contributed by atoms with Crippen LogP contribution in [0.1, 0.15) is 59.8 Å². The lowest BCUT2D eigenvalue weighted by molar-refractivity contribution is 0.0940. The van der Waals surface area contributed by atoms with E-state index in [2.05, 4.69) is 17.0 Å². The van der Waals surface area contributed by atoms with E-state index < -0.39 is 10.0 Å². The van der Waals surface area contributed by atoms with Gasteiger partial charge in [0.25, 0.3) is 5.91 Å². The van der Waals surface area contributed by atoms with E-state index in [1.54, 1.807) is 48.5 Å². The van der Waals surface area contributed by atoms with Crippen molar-refractivity contribution in [3.05, 3.63) is 95.1 Å². The van der Waals surface area contributed by atoms with Gasteiger partial charge in [0.15, 0.2) is 0 Å². The first-order valence-electron chi connectivity index (χ1n) is 11.5. The van der Waals surface area contributed by atoms with Crippen molar-refractivity contribution in [1.29, 1.82) is 0 Å². The predicted octanol–water partition coefficient (Wildman–Crippen LogP) is 5.14. The molecule has 180 valence electrons. The third-order valence-electron chi connectivity index (χ3n) is 5.51. The minimum atomic E-state index is -3.60. The standard InChI is InChI=1S/C27H32N2O4S/c1-4-5-18-33-25-14-12-23(13-15-25)21(3)29-27(30)24-10-8-22(9-11-24)19-28-34(31,32)26-16-6-20(2)7-17-26/h6-17,21,28H,4-5,18-19H2,1-3H3,(H,29,30)/t21-/m0/s1. The van der Waals surface area contributed by atoms with Gasteiger partial charge in [-0.1, -0.05) is 55.3 Å². The highest BCUT2D eigenvalue weighted by Crippen LogP contribution is 2.19. The Labute approximate surface area is 202 Å². The van der Waals surface area contributed by atoms with Gasteiger partial charge in [0.05, 0.1) is 17.5 Å². The van der Waals surface area contributed by atoms with Gasteiger partial charge in [0.2, 0.25) is 10.0 Å². The first-order chi connectivity index (χ1) is 16.3. The molecule has 0 radical (unpaired) electrons. The summed E-state index contributed by atoms with van der Waals surface area (Å²) in [6.07, 6.45) is 2.11. The van der Waals surface area contributed by atoms with E-state index in [0.717, 1.165) is 35.3 Å². The topological polar surface area (TPSA) is 84.5 Å². The van der Waals surface area contributed by atoms with Crippen LogP contribution in [0.3, 0.4) is 0 Å². The summed E-state index contributed by atoms with van der Waals surface area (Å²) >= 11 is 0. The van der Waals surface area contributed by atoms with E-state index in [-0.39, 0.29) is 23.4 Å². The summed E-state index contributed by atoms with van der Waals surface area (Å²) in [4.78, 5) is 12.9. The van der Waals surface area contributed by atoms with Crippen molar-refractivity contribution in [3.8, 4) is 5.75 Å². The predicted molar refractivity (Wildman–Crippen MR) is 134 cm³/mol. The van der Waals surface area contributed by atoms with Gasteiger partial charge in [-0.15, -0.1) is 0 Å². The number of amides is 1.